The molecule has 1 aliphatic heterocycles. The SMILES string of the molecule is COC(=O)[C@@H](C)N1C(=O)S/C(=C/c2cccn2-c2ccc(I)cc2)C1=O. The third kappa shape index (κ3) is 3.56. The van der Waals surface area contributed by atoms with Crippen molar-refractivity contribution in [3.63, 3.8) is 0 Å². The van der Waals surface area contributed by atoms with Crippen molar-refractivity contribution in [2.75, 3.05) is 7.11 Å². The van der Waals surface area contributed by atoms with E-state index in [4.69, 9.17) is 0 Å². The van der Waals surface area contributed by atoms with Gasteiger partial charge in [-0.3, -0.25) is 14.5 Å². The molecule has 1 fully saturated rings. The summed E-state index contributed by atoms with van der Waals surface area (Å²) in [4.78, 5) is 37.7. The standard InChI is InChI=1S/C18H15IN2O4S/c1-11(17(23)25-2)21-16(22)15(26-18(21)24)10-14-4-3-9-20(14)13-7-5-12(19)6-8-13/h3-11H,1-2H3/b15-10+/t11-/m1/s1. The number of nitrogens with zero attached hydrogens (tertiary/aromatic N) is 2. The topological polar surface area (TPSA) is 68.6 Å². The summed E-state index contributed by atoms with van der Waals surface area (Å²) in [5, 5.41) is -0.480. The van der Waals surface area contributed by atoms with Crippen LogP contribution in [0.3, 0.4) is 0 Å². The maximum atomic E-state index is 12.6. The molecular weight excluding hydrogens is 467 g/mol. The van der Waals surface area contributed by atoms with Gasteiger partial charge in [0.05, 0.1) is 12.0 Å². The first-order valence-electron chi connectivity index (χ1n) is 7.70. The van der Waals surface area contributed by atoms with Crippen molar-refractivity contribution in [2.24, 2.45) is 0 Å². The summed E-state index contributed by atoms with van der Waals surface area (Å²) in [6, 6.07) is 10.7. The maximum Gasteiger partial charge on any atom is 0.328 e. The van der Waals surface area contributed by atoms with Crippen molar-refractivity contribution < 1.29 is 19.1 Å². The Hall–Kier alpha value is -2.07. The van der Waals surface area contributed by atoms with E-state index in [2.05, 4.69) is 27.3 Å². The van der Waals surface area contributed by atoms with Gasteiger partial charge in [0.25, 0.3) is 11.1 Å². The lowest BCUT2D eigenvalue weighted by atomic mass is 10.2. The summed E-state index contributed by atoms with van der Waals surface area (Å²) in [6.07, 6.45) is 3.54. The van der Waals surface area contributed by atoms with Gasteiger partial charge in [0.2, 0.25) is 0 Å². The second-order valence-corrected chi connectivity index (χ2v) is 7.77. The second-order valence-electron chi connectivity index (χ2n) is 5.53. The quantitative estimate of drug-likeness (QED) is 0.378. The van der Waals surface area contributed by atoms with E-state index in [1.165, 1.54) is 14.0 Å². The highest BCUT2D eigenvalue weighted by molar-refractivity contribution is 14.1. The van der Waals surface area contributed by atoms with Crippen LogP contribution in [0, 0.1) is 3.57 Å². The largest absolute Gasteiger partial charge is 0.467 e. The van der Waals surface area contributed by atoms with E-state index in [9.17, 15) is 14.4 Å². The van der Waals surface area contributed by atoms with Gasteiger partial charge < -0.3 is 9.30 Å². The van der Waals surface area contributed by atoms with Crippen LogP contribution in [0.15, 0.2) is 47.5 Å². The van der Waals surface area contributed by atoms with Crippen LogP contribution in [0.25, 0.3) is 11.8 Å². The number of methoxy groups -OCH3 is 1. The number of benzene rings is 1. The Morgan fingerprint density at radius 3 is 2.58 bits per heavy atom. The van der Waals surface area contributed by atoms with Gasteiger partial charge in [-0.1, -0.05) is 0 Å². The summed E-state index contributed by atoms with van der Waals surface area (Å²) >= 11 is 3.05. The van der Waals surface area contributed by atoms with Crippen molar-refractivity contribution in [1.29, 1.82) is 0 Å². The molecular formula is C18H15IN2O4S. The van der Waals surface area contributed by atoms with Gasteiger partial charge in [0.1, 0.15) is 6.04 Å². The molecule has 0 saturated carbocycles. The normalized spacial score (nSPS) is 17.0. The highest BCUT2D eigenvalue weighted by atomic mass is 127. The molecule has 1 aromatic carbocycles. The number of halogens is 1. The molecule has 2 amide bonds. The minimum absolute atomic E-state index is 0.274. The fourth-order valence-electron chi connectivity index (χ4n) is 2.57. The zero-order chi connectivity index (χ0) is 18.8. The molecule has 1 aliphatic rings. The van der Waals surface area contributed by atoms with Gasteiger partial charge in [0.15, 0.2) is 0 Å². The molecule has 0 N–H and O–H groups in total. The van der Waals surface area contributed by atoms with Crippen LogP contribution in [-0.2, 0) is 14.3 Å². The number of thioether (sulfide) groups is 1. The van der Waals surface area contributed by atoms with E-state index in [0.717, 1.165) is 31.6 Å². The molecule has 8 heteroatoms. The number of carbonyl (C=O) groups excluding carboxylic acids is 3. The molecule has 2 heterocycles. The highest BCUT2D eigenvalue weighted by Gasteiger charge is 2.41. The molecule has 6 nitrogen and oxygen atoms in total. The molecule has 2 aromatic rings. The van der Waals surface area contributed by atoms with Crippen molar-refractivity contribution in [3.05, 3.63) is 56.8 Å². The Morgan fingerprint density at radius 1 is 1.23 bits per heavy atom. The lowest BCUT2D eigenvalue weighted by molar-refractivity contribution is -0.148. The number of imide groups is 1. The van der Waals surface area contributed by atoms with E-state index in [1.807, 2.05) is 47.2 Å². The number of esters is 1. The van der Waals surface area contributed by atoms with Crippen molar-refractivity contribution >= 4 is 57.5 Å². The van der Waals surface area contributed by atoms with Crippen LogP contribution < -0.4 is 0 Å². The number of hydrogen-bond donors (Lipinski definition) is 0. The number of aromatic nitrogens is 1. The first kappa shape index (κ1) is 18.7. The molecule has 0 aliphatic carbocycles. The van der Waals surface area contributed by atoms with Crippen molar-refractivity contribution in [1.82, 2.24) is 9.47 Å². The van der Waals surface area contributed by atoms with Crippen LogP contribution in [0.4, 0.5) is 4.79 Å². The van der Waals surface area contributed by atoms with Crippen LogP contribution >= 0.6 is 34.4 Å². The van der Waals surface area contributed by atoms with Gasteiger partial charge in [-0.05, 0) is 83.8 Å². The predicted octanol–water partition coefficient (Wildman–Crippen LogP) is 3.68. The minimum Gasteiger partial charge on any atom is -0.467 e. The van der Waals surface area contributed by atoms with Gasteiger partial charge in [-0.25, -0.2) is 4.79 Å². The van der Waals surface area contributed by atoms with E-state index in [0.29, 0.717) is 0 Å². The Labute approximate surface area is 168 Å². The second kappa shape index (κ2) is 7.67. The van der Waals surface area contributed by atoms with Crippen LogP contribution in [-0.4, -0.2) is 39.7 Å². The van der Waals surface area contributed by atoms with Crippen LogP contribution in [0.1, 0.15) is 12.6 Å². The Morgan fingerprint density at radius 2 is 1.92 bits per heavy atom. The number of hydrogen-bond acceptors (Lipinski definition) is 5. The van der Waals surface area contributed by atoms with Gasteiger partial charge in [-0.15, -0.1) is 0 Å². The third-order valence-corrected chi connectivity index (χ3v) is 5.52. The van der Waals surface area contributed by atoms with Gasteiger partial charge in [-0.2, -0.15) is 0 Å². The molecule has 0 spiro atoms. The summed E-state index contributed by atoms with van der Waals surface area (Å²) in [5.74, 6) is -1.12. The molecule has 1 atom stereocenters. The summed E-state index contributed by atoms with van der Waals surface area (Å²) < 4.78 is 7.68. The molecule has 0 bridgehead atoms. The van der Waals surface area contributed by atoms with E-state index < -0.39 is 23.2 Å². The summed E-state index contributed by atoms with van der Waals surface area (Å²) in [5.41, 5.74) is 1.71. The van der Waals surface area contributed by atoms with E-state index >= 15 is 0 Å². The number of amides is 2. The predicted molar refractivity (Wildman–Crippen MR) is 108 cm³/mol. The lowest BCUT2D eigenvalue weighted by Crippen LogP contribution is -2.42. The van der Waals surface area contributed by atoms with E-state index in [1.54, 1.807) is 6.08 Å². The fraction of sp³-hybridized carbons (Fsp3) is 0.167. The Kier molecular flexibility index (Phi) is 5.52. The molecule has 3 rings (SSSR count). The number of carbonyl (C=O) groups is 3. The zero-order valence-corrected chi connectivity index (χ0v) is 17.0. The molecule has 26 heavy (non-hydrogen) atoms. The average Bonchev–Trinajstić information content (AvgIpc) is 3.19. The summed E-state index contributed by atoms with van der Waals surface area (Å²) in [6.45, 7) is 1.47. The van der Waals surface area contributed by atoms with Gasteiger partial charge in [0, 0.05) is 21.1 Å². The number of rotatable bonds is 4. The minimum atomic E-state index is -0.957. The Bertz CT molecular complexity index is 904. The lowest BCUT2D eigenvalue weighted by Gasteiger charge is -2.18. The zero-order valence-electron chi connectivity index (χ0n) is 14.0. The maximum absolute atomic E-state index is 12.6. The molecule has 134 valence electrons. The molecule has 0 unspecified atom stereocenters. The highest BCUT2D eigenvalue weighted by Crippen LogP contribution is 2.34. The van der Waals surface area contributed by atoms with Crippen molar-refractivity contribution in [2.45, 2.75) is 13.0 Å². The first-order chi connectivity index (χ1) is 12.4. The van der Waals surface area contributed by atoms with Gasteiger partial charge >= 0.3 is 5.97 Å². The van der Waals surface area contributed by atoms with Crippen LogP contribution in [0.5, 0.6) is 0 Å². The van der Waals surface area contributed by atoms with Crippen molar-refractivity contribution in [3.8, 4) is 5.69 Å². The first-order valence-corrected chi connectivity index (χ1v) is 9.60. The monoisotopic (exact) mass is 482 g/mol. The van der Waals surface area contributed by atoms with Crippen LogP contribution in [0.2, 0.25) is 0 Å². The van der Waals surface area contributed by atoms with E-state index in [-0.39, 0.29) is 4.91 Å². The number of ether oxygens (including phenoxy) is 1. The smallest absolute Gasteiger partial charge is 0.328 e. The Balaban J connectivity index is 1.91. The fourth-order valence-corrected chi connectivity index (χ4v) is 3.82. The third-order valence-electron chi connectivity index (χ3n) is 3.92. The molecule has 1 saturated heterocycles. The summed E-state index contributed by atoms with van der Waals surface area (Å²) in [7, 11) is 1.22. The molecule has 0 radical (unpaired) electrons. The molecule has 1 aromatic heterocycles. The average molecular weight is 482 g/mol.